The van der Waals surface area contributed by atoms with Crippen molar-refractivity contribution in [3.63, 3.8) is 0 Å². The average Bonchev–Trinajstić information content (AvgIpc) is 2.22. The molecule has 2 rings (SSSR count). The van der Waals surface area contributed by atoms with Crippen molar-refractivity contribution >= 4 is 17.0 Å². The second-order valence-corrected chi connectivity index (χ2v) is 1.79. The Labute approximate surface area is 50.7 Å². The van der Waals surface area contributed by atoms with E-state index in [-0.39, 0.29) is 0 Å². The molecule has 2 heterocycles. The van der Waals surface area contributed by atoms with Crippen LogP contribution in [0.15, 0.2) is 16.9 Å². The number of nitrogens with two attached hydrogens (primary N) is 1. The number of nitrogens with zero attached hydrogens (tertiary/aromatic N) is 1. The third kappa shape index (κ3) is 0.495. The lowest BCUT2D eigenvalue weighted by atomic mass is 10.6. The van der Waals surface area contributed by atoms with E-state index in [4.69, 9.17) is 10.2 Å². The summed E-state index contributed by atoms with van der Waals surface area (Å²) in [6.45, 7) is 0. The molecule has 0 fully saturated rings. The Balaban J connectivity index is 2.92. The molecule has 0 aliphatic heterocycles. The summed E-state index contributed by atoms with van der Waals surface area (Å²) in [5.41, 5.74) is 6.78. The molecule has 0 aliphatic carbocycles. The van der Waals surface area contributed by atoms with Gasteiger partial charge in [0.1, 0.15) is 5.82 Å². The zero-order chi connectivity index (χ0) is 6.27. The van der Waals surface area contributed by atoms with Crippen LogP contribution in [0.4, 0.5) is 5.82 Å². The molecule has 0 aromatic carbocycles. The summed E-state index contributed by atoms with van der Waals surface area (Å²) in [6.07, 6.45) is 1.38. The summed E-state index contributed by atoms with van der Waals surface area (Å²) in [4.78, 5) is 6.65. The first-order valence-electron chi connectivity index (χ1n) is 2.54. The Morgan fingerprint density at radius 1 is 1.67 bits per heavy atom. The highest BCUT2D eigenvalue weighted by Gasteiger charge is 1.98. The van der Waals surface area contributed by atoms with Crippen molar-refractivity contribution < 1.29 is 4.42 Å². The van der Waals surface area contributed by atoms with Gasteiger partial charge in [-0.1, -0.05) is 0 Å². The van der Waals surface area contributed by atoms with Gasteiger partial charge in [0.2, 0.25) is 0 Å². The fourth-order valence-corrected chi connectivity index (χ4v) is 0.766. The predicted molar refractivity (Wildman–Crippen MR) is 32.8 cm³/mol. The van der Waals surface area contributed by atoms with Crippen molar-refractivity contribution in [3.8, 4) is 0 Å². The summed E-state index contributed by atoms with van der Waals surface area (Å²) < 4.78 is 4.92. The van der Waals surface area contributed by atoms with Crippen LogP contribution in [-0.4, -0.2) is 9.97 Å². The van der Waals surface area contributed by atoms with E-state index in [1.54, 1.807) is 6.07 Å². The smallest absolute Gasteiger partial charge is 0.183 e. The van der Waals surface area contributed by atoms with Gasteiger partial charge in [0.15, 0.2) is 17.6 Å². The maximum atomic E-state index is 5.38. The summed E-state index contributed by atoms with van der Waals surface area (Å²) in [5, 5.41) is 0. The van der Waals surface area contributed by atoms with Crippen molar-refractivity contribution in [1.29, 1.82) is 0 Å². The van der Waals surface area contributed by atoms with Gasteiger partial charge in [0.05, 0.1) is 0 Å². The average molecular weight is 123 g/mol. The van der Waals surface area contributed by atoms with Gasteiger partial charge in [-0.2, -0.15) is 4.98 Å². The van der Waals surface area contributed by atoms with Crippen LogP contribution in [0.2, 0.25) is 0 Å². The molecule has 9 heavy (non-hydrogen) atoms. The van der Waals surface area contributed by atoms with Crippen LogP contribution in [-0.2, 0) is 0 Å². The number of nitrogen functional groups attached to an aromatic ring is 1. The van der Waals surface area contributed by atoms with Crippen molar-refractivity contribution in [1.82, 2.24) is 9.97 Å². The van der Waals surface area contributed by atoms with Gasteiger partial charge >= 0.3 is 0 Å². The summed E-state index contributed by atoms with van der Waals surface area (Å²) >= 11 is 0. The molecule has 0 radical (unpaired) electrons. The van der Waals surface area contributed by atoms with E-state index in [0.717, 1.165) is 0 Å². The minimum atomic E-state index is 0.580. The van der Waals surface area contributed by atoms with Gasteiger partial charge in [-0.25, -0.2) is 0 Å². The fourth-order valence-electron chi connectivity index (χ4n) is 0.766. The van der Waals surface area contributed by atoms with Crippen LogP contribution in [0.5, 0.6) is 0 Å². The van der Waals surface area contributed by atoms with Gasteiger partial charge in [0.25, 0.3) is 0 Å². The number of oxazole rings is 1. The molecule has 0 saturated heterocycles. The van der Waals surface area contributed by atoms with E-state index in [1.165, 1.54) is 6.39 Å². The first-order chi connectivity index (χ1) is 4.36. The SMILES string of the molecule is Nc1cc2ocnc2[nH]1. The summed E-state index contributed by atoms with van der Waals surface area (Å²) in [5.74, 6) is 0.580. The zero-order valence-corrected chi connectivity index (χ0v) is 4.59. The highest BCUT2D eigenvalue weighted by Crippen LogP contribution is 2.13. The Bertz CT molecular complexity index is 293. The highest BCUT2D eigenvalue weighted by molar-refractivity contribution is 5.73. The number of hydrogen-bond donors (Lipinski definition) is 2. The van der Waals surface area contributed by atoms with Crippen LogP contribution in [0.25, 0.3) is 11.2 Å². The zero-order valence-electron chi connectivity index (χ0n) is 4.59. The van der Waals surface area contributed by atoms with E-state index in [0.29, 0.717) is 17.0 Å². The molecule has 46 valence electrons. The number of aromatic nitrogens is 2. The number of rotatable bonds is 0. The van der Waals surface area contributed by atoms with Crippen LogP contribution in [0.1, 0.15) is 0 Å². The molecule has 4 heteroatoms. The number of hydrogen-bond acceptors (Lipinski definition) is 3. The van der Waals surface area contributed by atoms with Crippen molar-refractivity contribution in [3.05, 3.63) is 12.5 Å². The number of H-pyrrole nitrogens is 1. The number of aromatic amines is 1. The predicted octanol–water partition coefficient (Wildman–Crippen LogP) is 0.738. The number of fused-ring (bicyclic) bond motifs is 1. The van der Waals surface area contributed by atoms with Gasteiger partial charge in [-0.3, -0.25) is 0 Å². The molecule has 3 N–H and O–H groups in total. The monoisotopic (exact) mass is 123 g/mol. The molecule has 0 bridgehead atoms. The molecular formula is C5H5N3O. The van der Waals surface area contributed by atoms with E-state index < -0.39 is 0 Å². The van der Waals surface area contributed by atoms with E-state index in [1.807, 2.05) is 0 Å². The van der Waals surface area contributed by atoms with Crippen LogP contribution >= 0.6 is 0 Å². The number of nitrogens with one attached hydrogen (secondary N) is 1. The molecule has 0 spiro atoms. The number of anilines is 1. The molecule has 0 unspecified atom stereocenters. The minimum Gasteiger partial charge on any atom is -0.442 e. The van der Waals surface area contributed by atoms with Gasteiger partial charge in [-0.15, -0.1) is 0 Å². The molecule has 0 saturated carbocycles. The second kappa shape index (κ2) is 1.28. The van der Waals surface area contributed by atoms with Crippen LogP contribution in [0, 0.1) is 0 Å². The van der Waals surface area contributed by atoms with E-state index in [2.05, 4.69) is 9.97 Å². The normalized spacial score (nSPS) is 10.7. The fraction of sp³-hybridized carbons (Fsp3) is 0. The molecule has 0 atom stereocenters. The third-order valence-corrected chi connectivity index (χ3v) is 1.14. The lowest BCUT2D eigenvalue weighted by Gasteiger charge is -1.74. The molecule has 2 aromatic rings. The molecule has 2 aromatic heterocycles. The topological polar surface area (TPSA) is 67.8 Å². The van der Waals surface area contributed by atoms with Crippen LogP contribution in [0.3, 0.4) is 0 Å². The van der Waals surface area contributed by atoms with Crippen molar-refractivity contribution in [2.75, 3.05) is 5.73 Å². The summed E-state index contributed by atoms with van der Waals surface area (Å²) in [6, 6.07) is 1.70. The van der Waals surface area contributed by atoms with Gasteiger partial charge in [-0.05, 0) is 0 Å². The Hall–Kier alpha value is -1.45. The molecule has 4 nitrogen and oxygen atoms in total. The van der Waals surface area contributed by atoms with Crippen LogP contribution < -0.4 is 5.73 Å². The quantitative estimate of drug-likeness (QED) is 0.542. The third-order valence-electron chi connectivity index (χ3n) is 1.14. The van der Waals surface area contributed by atoms with E-state index >= 15 is 0 Å². The molecule has 0 amide bonds. The Morgan fingerprint density at radius 3 is 3.33 bits per heavy atom. The first kappa shape index (κ1) is 4.43. The van der Waals surface area contributed by atoms with Gasteiger partial charge in [0, 0.05) is 6.07 Å². The Morgan fingerprint density at radius 2 is 2.56 bits per heavy atom. The van der Waals surface area contributed by atoms with Crippen molar-refractivity contribution in [2.24, 2.45) is 0 Å². The molecule has 0 aliphatic rings. The van der Waals surface area contributed by atoms with Gasteiger partial charge < -0.3 is 15.1 Å². The largest absolute Gasteiger partial charge is 0.442 e. The minimum absolute atomic E-state index is 0.580. The summed E-state index contributed by atoms with van der Waals surface area (Å²) in [7, 11) is 0. The Kier molecular flexibility index (Phi) is 0.631. The first-order valence-corrected chi connectivity index (χ1v) is 2.54. The second-order valence-electron chi connectivity index (χ2n) is 1.79. The standard InChI is InChI=1S/C5H5N3O/c6-4-1-3-5(8-4)7-2-9-3/h1-2,8H,6H2. The van der Waals surface area contributed by atoms with Crippen molar-refractivity contribution in [2.45, 2.75) is 0 Å². The lowest BCUT2D eigenvalue weighted by Crippen LogP contribution is -1.81. The lowest BCUT2D eigenvalue weighted by molar-refractivity contribution is 0.602. The maximum Gasteiger partial charge on any atom is 0.183 e. The highest BCUT2D eigenvalue weighted by atomic mass is 16.3. The van der Waals surface area contributed by atoms with E-state index in [9.17, 15) is 0 Å². The maximum absolute atomic E-state index is 5.38. The molecular weight excluding hydrogens is 118 g/mol.